The number of hydrogen-bond acceptors (Lipinski definition) is 4. The van der Waals surface area contributed by atoms with Gasteiger partial charge in [0.15, 0.2) is 0 Å². The Balaban J connectivity index is 2.07. The van der Waals surface area contributed by atoms with E-state index in [2.05, 4.69) is 0 Å². The van der Waals surface area contributed by atoms with Gasteiger partial charge in [-0.1, -0.05) is 42.5 Å². The highest BCUT2D eigenvalue weighted by Gasteiger charge is 2.37. The van der Waals surface area contributed by atoms with Crippen molar-refractivity contribution in [3.63, 3.8) is 0 Å². The Morgan fingerprint density at radius 2 is 1.61 bits per heavy atom. The van der Waals surface area contributed by atoms with Crippen LogP contribution in [0.4, 0.5) is 18.9 Å². The molecule has 0 aliphatic rings. The number of rotatable bonds is 5. The first kappa shape index (κ1) is 19.9. The third kappa shape index (κ3) is 4.02. The van der Waals surface area contributed by atoms with E-state index in [9.17, 15) is 31.5 Å². The molecule has 3 aromatic rings. The Labute approximate surface area is 162 Å². The van der Waals surface area contributed by atoms with E-state index in [1.165, 1.54) is 6.07 Å². The Morgan fingerprint density at radius 3 is 2.21 bits per heavy atom. The van der Waals surface area contributed by atoms with Crippen molar-refractivity contribution < 1.29 is 31.5 Å². The third-order valence-electron chi connectivity index (χ3n) is 3.71. The zero-order chi connectivity index (χ0) is 20.5. The maximum atomic E-state index is 13.2. The second-order valence-corrected chi connectivity index (χ2v) is 8.33. The van der Waals surface area contributed by atoms with Crippen LogP contribution in [0.3, 0.4) is 0 Å². The molecule has 0 fully saturated rings. The number of aromatic carboxylic acids is 1. The molecular weight excluding hydrogens is 415 g/mol. The monoisotopic (exact) mass is 427 g/mol. The maximum Gasteiger partial charge on any atom is 0.417 e. The standard InChI is InChI=1S/C18H12F3NO4S2/c19-18(20,21)12-8-4-5-9-15(12)28(25,26)22-13-10-14(27-16(13)17(23)24)11-6-2-1-3-7-11/h1-10,22H,(H,23,24). The summed E-state index contributed by atoms with van der Waals surface area (Å²) in [6.45, 7) is 0. The Bertz CT molecular complexity index is 1120. The number of carboxylic acids is 1. The van der Waals surface area contributed by atoms with Crippen molar-refractivity contribution in [3.8, 4) is 10.4 Å². The van der Waals surface area contributed by atoms with Crippen LogP contribution in [0.25, 0.3) is 10.4 Å². The van der Waals surface area contributed by atoms with Gasteiger partial charge in [0.05, 0.1) is 16.1 Å². The van der Waals surface area contributed by atoms with Crippen molar-refractivity contribution in [1.29, 1.82) is 0 Å². The van der Waals surface area contributed by atoms with E-state index in [1.54, 1.807) is 30.3 Å². The molecule has 0 aliphatic heterocycles. The van der Waals surface area contributed by atoms with Crippen LogP contribution in [0.15, 0.2) is 65.6 Å². The predicted octanol–water partition coefficient (Wildman–Crippen LogP) is 4.93. The minimum atomic E-state index is -4.88. The van der Waals surface area contributed by atoms with E-state index in [0.29, 0.717) is 16.5 Å². The first-order chi connectivity index (χ1) is 13.1. The topological polar surface area (TPSA) is 83.5 Å². The van der Waals surface area contributed by atoms with Crippen molar-refractivity contribution >= 4 is 33.0 Å². The molecule has 3 rings (SSSR count). The quantitative estimate of drug-likeness (QED) is 0.605. The number of thiophene rings is 1. The number of hydrogen-bond donors (Lipinski definition) is 2. The average molecular weight is 427 g/mol. The molecule has 0 radical (unpaired) electrons. The SMILES string of the molecule is O=C(O)c1sc(-c2ccccc2)cc1NS(=O)(=O)c1ccccc1C(F)(F)F. The highest BCUT2D eigenvalue weighted by molar-refractivity contribution is 7.92. The van der Waals surface area contributed by atoms with Crippen LogP contribution < -0.4 is 4.72 Å². The third-order valence-corrected chi connectivity index (χ3v) is 6.31. The lowest BCUT2D eigenvalue weighted by Gasteiger charge is -2.14. The van der Waals surface area contributed by atoms with Crippen molar-refractivity contribution in [1.82, 2.24) is 0 Å². The molecule has 2 N–H and O–H groups in total. The molecule has 1 aromatic heterocycles. The number of anilines is 1. The Kier molecular flexibility index (Phi) is 5.18. The van der Waals surface area contributed by atoms with Gasteiger partial charge in [0.25, 0.3) is 10.0 Å². The number of carbonyl (C=O) groups is 1. The van der Waals surface area contributed by atoms with Crippen LogP contribution in [0.5, 0.6) is 0 Å². The van der Waals surface area contributed by atoms with E-state index in [0.717, 1.165) is 29.5 Å². The van der Waals surface area contributed by atoms with Crippen LogP contribution in [0.2, 0.25) is 0 Å². The number of sulfonamides is 1. The van der Waals surface area contributed by atoms with Gasteiger partial charge in [0.1, 0.15) is 4.88 Å². The lowest BCUT2D eigenvalue weighted by molar-refractivity contribution is -0.139. The second kappa shape index (κ2) is 7.28. The van der Waals surface area contributed by atoms with E-state index >= 15 is 0 Å². The molecule has 0 aliphatic carbocycles. The number of halogens is 3. The van der Waals surface area contributed by atoms with E-state index in [-0.39, 0.29) is 10.6 Å². The lowest BCUT2D eigenvalue weighted by Crippen LogP contribution is -2.19. The fourth-order valence-electron chi connectivity index (χ4n) is 2.51. The van der Waals surface area contributed by atoms with Crippen molar-refractivity contribution in [2.45, 2.75) is 11.1 Å². The summed E-state index contributed by atoms with van der Waals surface area (Å²) in [5.74, 6) is -1.39. The van der Waals surface area contributed by atoms with Gasteiger partial charge in [0.2, 0.25) is 0 Å². The van der Waals surface area contributed by atoms with Crippen molar-refractivity contribution in [2.24, 2.45) is 0 Å². The van der Waals surface area contributed by atoms with Crippen LogP contribution >= 0.6 is 11.3 Å². The first-order valence-corrected chi connectivity index (χ1v) is 10.0. The molecule has 5 nitrogen and oxygen atoms in total. The molecule has 0 amide bonds. The van der Waals surface area contributed by atoms with Gasteiger partial charge >= 0.3 is 12.1 Å². The van der Waals surface area contributed by atoms with Crippen molar-refractivity contribution in [2.75, 3.05) is 4.72 Å². The van der Waals surface area contributed by atoms with Crippen LogP contribution in [-0.4, -0.2) is 19.5 Å². The number of benzene rings is 2. The number of carboxylic acid groups (broad SMARTS) is 1. The van der Waals surface area contributed by atoms with Crippen LogP contribution in [0.1, 0.15) is 15.2 Å². The van der Waals surface area contributed by atoms with E-state index < -0.39 is 32.6 Å². The highest BCUT2D eigenvalue weighted by Crippen LogP contribution is 2.38. The summed E-state index contributed by atoms with van der Waals surface area (Å²) in [4.78, 5) is 10.7. The molecule has 1 heterocycles. The average Bonchev–Trinajstić information content (AvgIpc) is 3.05. The molecule has 0 unspecified atom stereocenters. The van der Waals surface area contributed by atoms with E-state index in [4.69, 9.17) is 0 Å². The van der Waals surface area contributed by atoms with Crippen LogP contribution in [0, 0.1) is 0 Å². The minimum absolute atomic E-state index is 0.298. The van der Waals surface area contributed by atoms with Gasteiger partial charge in [0, 0.05) is 4.88 Å². The van der Waals surface area contributed by atoms with Crippen LogP contribution in [-0.2, 0) is 16.2 Å². The van der Waals surface area contributed by atoms with Gasteiger partial charge < -0.3 is 5.11 Å². The van der Waals surface area contributed by atoms with Gasteiger partial charge in [-0.15, -0.1) is 11.3 Å². The normalized spacial score (nSPS) is 12.0. The number of nitrogens with one attached hydrogen (secondary N) is 1. The molecule has 0 spiro atoms. The number of alkyl halides is 3. The fourth-order valence-corrected chi connectivity index (χ4v) is 4.82. The summed E-state index contributed by atoms with van der Waals surface area (Å²) in [5.41, 5.74) is -0.984. The summed E-state index contributed by atoms with van der Waals surface area (Å²) >= 11 is 0.818. The Hall–Kier alpha value is -2.85. The van der Waals surface area contributed by atoms with Gasteiger partial charge in [-0.2, -0.15) is 13.2 Å². The first-order valence-electron chi connectivity index (χ1n) is 7.71. The highest BCUT2D eigenvalue weighted by atomic mass is 32.2. The summed E-state index contributed by atoms with van der Waals surface area (Å²) in [6, 6.07) is 13.6. The second-order valence-electron chi connectivity index (χ2n) is 5.62. The van der Waals surface area contributed by atoms with Gasteiger partial charge in [-0.05, 0) is 23.8 Å². The zero-order valence-electron chi connectivity index (χ0n) is 13.9. The molecule has 28 heavy (non-hydrogen) atoms. The molecule has 2 aromatic carbocycles. The summed E-state index contributed by atoms with van der Waals surface area (Å²) in [7, 11) is -4.68. The smallest absolute Gasteiger partial charge is 0.417 e. The molecule has 10 heteroatoms. The molecule has 0 atom stereocenters. The molecule has 0 bridgehead atoms. The summed E-state index contributed by atoms with van der Waals surface area (Å²) in [5, 5.41) is 9.37. The summed E-state index contributed by atoms with van der Waals surface area (Å²) < 4.78 is 66.7. The predicted molar refractivity (Wildman–Crippen MR) is 99.0 cm³/mol. The zero-order valence-corrected chi connectivity index (χ0v) is 15.5. The molecular formula is C18H12F3NO4S2. The minimum Gasteiger partial charge on any atom is -0.477 e. The van der Waals surface area contributed by atoms with Gasteiger partial charge in [-0.3, -0.25) is 4.72 Å². The fraction of sp³-hybridized carbons (Fsp3) is 0.0556. The molecule has 0 saturated heterocycles. The maximum absolute atomic E-state index is 13.2. The lowest BCUT2D eigenvalue weighted by atomic mass is 10.2. The Morgan fingerprint density at radius 1 is 1.00 bits per heavy atom. The van der Waals surface area contributed by atoms with Crippen molar-refractivity contribution in [3.05, 3.63) is 71.1 Å². The summed E-state index contributed by atoms with van der Waals surface area (Å²) in [6.07, 6.45) is -4.88. The van der Waals surface area contributed by atoms with E-state index in [1.807, 2.05) is 4.72 Å². The molecule has 146 valence electrons. The largest absolute Gasteiger partial charge is 0.477 e. The molecule has 0 saturated carbocycles. The van der Waals surface area contributed by atoms with Gasteiger partial charge in [-0.25, -0.2) is 13.2 Å².